The van der Waals surface area contributed by atoms with E-state index in [4.69, 9.17) is 4.74 Å². The third kappa shape index (κ3) is 3.09. The normalized spacial score (nSPS) is 44.2. The van der Waals surface area contributed by atoms with Crippen molar-refractivity contribution in [2.24, 2.45) is 28.6 Å². The van der Waals surface area contributed by atoms with Crippen molar-refractivity contribution in [1.82, 2.24) is 0 Å². The third-order valence-corrected chi connectivity index (χ3v) is 9.27. The van der Waals surface area contributed by atoms with E-state index in [1.54, 1.807) is 0 Å². The van der Waals surface area contributed by atoms with Crippen LogP contribution in [0.1, 0.15) is 72.1 Å². The van der Waals surface area contributed by atoms with E-state index in [-0.39, 0.29) is 10.8 Å². The molecule has 0 saturated heterocycles. The molecule has 0 spiro atoms. The van der Waals surface area contributed by atoms with Crippen LogP contribution in [0.3, 0.4) is 0 Å². The fourth-order valence-corrected chi connectivity index (χ4v) is 7.35. The summed E-state index contributed by atoms with van der Waals surface area (Å²) in [6.07, 6.45) is 13.5. The summed E-state index contributed by atoms with van der Waals surface area (Å²) in [6, 6.07) is 0. The van der Waals surface area contributed by atoms with Gasteiger partial charge in [-0.15, -0.1) is 0 Å². The van der Waals surface area contributed by atoms with Crippen LogP contribution in [0, 0.1) is 40.4 Å². The summed E-state index contributed by atoms with van der Waals surface area (Å²) in [5.41, 5.74) is 0.962. The van der Waals surface area contributed by atoms with Crippen molar-refractivity contribution < 1.29 is 9.84 Å². The summed E-state index contributed by atoms with van der Waals surface area (Å²) in [5.74, 6) is 9.80. The standard InChI is InChI=1S/C25H35IO2/c1-4-28-19-9-13-23(2)18(17-19)7-8-20-21(23)10-14-24(3)22(20)11-15-25(24,27)12-5-6-16-26/h7,17,20-22,27H,4,6,8-11,13-16H2,1-3H3/t20?,21?,22?,23-,24-,25?/m0/s1. The van der Waals surface area contributed by atoms with E-state index in [1.807, 2.05) is 0 Å². The van der Waals surface area contributed by atoms with E-state index in [1.165, 1.54) is 24.2 Å². The summed E-state index contributed by atoms with van der Waals surface area (Å²) in [5, 5.41) is 11.5. The van der Waals surface area contributed by atoms with Gasteiger partial charge in [-0.05, 0) is 80.3 Å². The van der Waals surface area contributed by atoms with Crippen molar-refractivity contribution in [3.05, 3.63) is 23.5 Å². The van der Waals surface area contributed by atoms with Crippen LogP contribution < -0.4 is 0 Å². The summed E-state index contributed by atoms with van der Waals surface area (Å²) in [7, 11) is 0. The summed E-state index contributed by atoms with van der Waals surface area (Å²) < 4.78 is 6.88. The third-order valence-electron chi connectivity index (χ3n) is 8.73. The minimum atomic E-state index is -0.784. The molecule has 4 unspecified atom stereocenters. The van der Waals surface area contributed by atoms with Crippen LogP contribution in [0.2, 0.25) is 0 Å². The molecule has 2 fully saturated rings. The second-order valence-electron chi connectivity index (χ2n) is 9.83. The van der Waals surface area contributed by atoms with Crippen molar-refractivity contribution in [3.63, 3.8) is 0 Å². The van der Waals surface area contributed by atoms with Gasteiger partial charge in [-0.3, -0.25) is 0 Å². The Hall–Kier alpha value is -0.470. The molecule has 4 aliphatic carbocycles. The Morgan fingerprint density at radius 1 is 1.21 bits per heavy atom. The molecule has 28 heavy (non-hydrogen) atoms. The molecule has 154 valence electrons. The average molecular weight is 494 g/mol. The fraction of sp³-hybridized carbons (Fsp3) is 0.760. The van der Waals surface area contributed by atoms with E-state index in [0.717, 1.165) is 55.5 Å². The minimum Gasteiger partial charge on any atom is -0.498 e. The zero-order chi connectivity index (χ0) is 20.0. The maximum atomic E-state index is 11.5. The zero-order valence-electron chi connectivity index (χ0n) is 17.7. The molecule has 0 radical (unpaired) electrons. The Morgan fingerprint density at radius 2 is 2.00 bits per heavy atom. The van der Waals surface area contributed by atoms with E-state index >= 15 is 0 Å². The van der Waals surface area contributed by atoms with Gasteiger partial charge < -0.3 is 9.84 Å². The monoisotopic (exact) mass is 494 g/mol. The smallest absolute Gasteiger partial charge is 0.131 e. The number of aliphatic hydroxyl groups is 1. The number of ether oxygens (including phenoxy) is 1. The van der Waals surface area contributed by atoms with E-state index in [0.29, 0.717) is 11.8 Å². The quantitative estimate of drug-likeness (QED) is 0.295. The maximum Gasteiger partial charge on any atom is 0.131 e. The van der Waals surface area contributed by atoms with Gasteiger partial charge in [0.1, 0.15) is 5.60 Å². The lowest BCUT2D eigenvalue weighted by molar-refractivity contribution is -0.0924. The number of hydrogen-bond donors (Lipinski definition) is 1. The summed E-state index contributed by atoms with van der Waals surface area (Å²) in [6.45, 7) is 7.68. The Balaban J connectivity index is 1.62. The fourth-order valence-electron chi connectivity index (χ4n) is 7.08. The molecule has 0 aromatic carbocycles. The van der Waals surface area contributed by atoms with E-state index in [9.17, 15) is 5.11 Å². The number of hydrogen-bond acceptors (Lipinski definition) is 2. The lowest BCUT2D eigenvalue weighted by atomic mass is 9.47. The average Bonchev–Trinajstić information content (AvgIpc) is 2.94. The molecule has 3 heteroatoms. The number of fused-ring (bicyclic) bond motifs is 5. The van der Waals surface area contributed by atoms with Gasteiger partial charge in [-0.1, -0.05) is 54.4 Å². The molecule has 2 saturated carbocycles. The highest BCUT2D eigenvalue weighted by atomic mass is 127. The molecular formula is C25H35IO2. The first-order chi connectivity index (χ1) is 13.4. The molecule has 0 bridgehead atoms. The van der Waals surface area contributed by atoms with Crippen LogP contribution in [0.4, 0.5) is 0 Å². The topological polar surface area (TPSA) is 29.5 Å². The maximum absolute atomic E-state index is 11.5. The van der Waals surface area contributed by atoms with Crippen LogP contribution in [-0.4, -0.2) is 21.7 Å². The minimum absolute atomic E-state index is 0.0465. The number of allylic oxidation sites excluding steroid dienone is 4. The molecule has 4 aliphatic rings. The zero-order valence-corrected chi connectivity index (χ0v) is 19.8. The second-order valence-corrected chi connectivity index (χ2v) is 10.9. The Labute approximate surface area is 184 Å². The number of alkyl halides is 1. The van der Waals surface area contributed by atoms with Crippen LogP contribution in [0.15, 0.2) is 23.5 Å². The number of halogens is 1. The van der Waals surface area contributed by atoms with Gasteiger partial charge in [0, 0.05) is 22.7 Å². The van der Waals surface area contributed by atoms with Crippen molar-refractivity contribution >= 4 is 22.6 Å². The second kappa shape index (κ2) is 7.65. The van der Waals surface area contributed by atoms with Gasteiger partial charge in [0.05, 0.1) is 12.4 Å². The molecule has 4 rings (SSSR count). The van der Waals surface area contributed by atoms with E-state index in [2.05, 4.69) is 67.4 Å². The SMILES string of the molecule is CCOC1=CC2=CCC3C(CC[C@@]4(C)C3CCC4(O)C#CCCI)[C@@]2(C)CC1. The van der Waals surface area contributed by atoms with Crippen LogP contribution >= 0.6 is 22.6 Å². The van der Waals surface area contributed by atoms with Crippen molar-refractivity contribution in [2.75, 3.05) is 11.0 Å². The largest absolute Gasteiger partial charge is 0.498 e. The lowest BCUT2D eigenvalue weighted by Crippen LogP contribution is -2.53. The van der Waals surface area contributed by atoms with Crippen molar-refractivity contribution in [3.8, 4) is 11.8 Å². The summed E-state index contributed by atoms with van der Waals surface area (Å²) in [4.78, 5) is 0. The molecule has 1 N–H and O–H groups in total. The molecular weight excluding hydrogens is 459 g/mol. The molecule has 2 nitrogen and oxygen atoms in total. The highest BCUT2D eigenvalue weighted by Crippen LogP contribution is 2.66. The molecule has 0 amide bonds. The first-order valence-electron chi connectivity index (χ1n) is 11.2. The van der Waals surface area contributed by atoms with Gasteiger partial charge in [-0.25, -0.2) is 0 Å². The van der Waals surface area contributed by atoms with Crippen LogP contribution in [0.5, 0.6) is 0 Å². The summed E-state index contributed by atoms with van der Waals surface area (Å²) >= 11 is 2.37. The Morgan fingerprint density at radius 3 is 2.75 bits per heavy atom. The van der Waals surface area contributed by atoms with Crippen LogP contribution in [0.25, 0.3) is 0 Å². The molecule has 6 atom stereocenters. The first kappa shape index (κ1) is 20.8. The van der Waals surface area contributed by atoms with Gasteiger partial charge >= 0.3 is 0 Å². The van der Waals surface area contributed by atoms with Gasteiger partial charge in [0.15, 0.2) is 0 Å². The highest BCUT2D eigenvalue weighted by Gasteiger charge is 2.63. The predicted molar refractivity (Wildman–Crippen MR) is 123 cm³/mol. The van der Waals surface area contributed by atoms with Crippen LogP contribution in [-0.2, 0) is 4.74 Å². The Kier molecular flexibility index (Phi) is 5.68. The molecule has 0 aromatic rings. The molecule has 0 aromatic heterocycles. The van der Waals surface area contributed by atoms with Gasteiger partial charge in [-0.2, -0.15) is 0 Å². The molecule has 0 aliphatic heterocycles. The molecule has 0 heterocycles. The van der Waals surface area contributed by atoms with Crippen molar-refractivity contribution in [1.29, 1.82) is 0 Å². The highest BCUT2D eigenvalue weighted by molar-refractivity contribution is 14.1. The van der Waals surface area contributed by atoms with E-state index < -0.39 is 5.60 Å². The Bertz CT molecular complexity index is 743. The predicted octanol–water partition coefficient (Wildman–Crippen LogP) is 6.04. The number of rotatable bonds is 3. The van der Waals surface area contributed by atoms with Crippen molar-refractivity contribution in [2.45, 2.75) is 77.7 Å². The first-order valence-corrected chi connectivity index (χ1v) is 12.7. The van der Waals surface area contributed by atoms with Gasteiger partial charge in [0.25, 0.3) is 0 Å². The van der Waals surface area contributed by atoms with Gasteiger partial charge in [0.2, 0.25) is 0 Å². The lowest BCUT2D eigenvalue weighted by Gasteiger charge is -2.57.